The average Bonchev–Trinajstić information content (AvgIpc) is 3.41. The normalized spacial score (nSPS) is 14.4. The van der Waals surface area contributed by atoms with Gasteiger partial charge in [0.25, 0.3) is 0 Å². The van der Waals surface area contributed by atoms with E-state index in [1.165, 1.54) is 30.5 Å². The van der Waals surface area contributed by atoms with Gasteiger partial charge in [-0.05, 0) is 44.0 Å². The Hall–Kier alpha value is -3.03. The molecule has 0 atom stereocenters. The summed E-state index contributed by atoms with van der Waals surface area (Å²) in [6.45, 7) is 1.97. The summed E-state index contributed by atoms with van der Waals surface area (Å²) >= 11 is 0. The SMILES string of the molecule is CCOc1ncc(NC(=O)C2(C(=O)Nc3ccc(F)cc3)CC2)cc1F. The Morgan fingerprint density at radius 3 is 2.27 bits per heavy atom. The average molecular weight is 361 g/mol. The summed E-state index contributed by atoms with van der Waals surface area (Å²) < 4.78 is 31.8. The number of hydrogen-bond donors (Lipinski definition) is 2. The van der Waals surface area contributed by atoms with Gasteiger partial charge in [-0.1, -0.05) is 0 Å². The van der Waals surface area contributed by atoms with Crippen molar-refractivity contribution in [2.24, 2.45) is 5.41 Å². The minimum Gasteiger partial charge on any atom is -0.476 e. The number of rotatable bonds is 6. The summed E-state index contributed by atoms with van der Waals surface area (Å²) in [5, 5.41) is 5.11. The largest absolute Gasteiger partial charge is 0.476 e. The molecule has 0 bridgehead atoms. The topological polar surface area (TPSA) is 80.3 Å². The van der Waals surface area contributed by atoms with Crippen molar-refractivity contribution in [1.82, 2.24) is 4.98 Å². The Balaban J connectivity index is 1.67. The van der Waals surface area contributed by atoms with Gasteiger partial charge < -0.3 is 15.4 Å². The Labute approximate surface area is 148 Å². The molecular formula is C18H17F2N3O3. The van der Waals surface area contributed by atoms with E-state index in [2.05, 4.69) is 15.6 Å². The molecule has 1 aliphatic rings. The zero-order valence-corrected chi connectivity index (χ0v) is 14.0. The van der Waals surface area contributed by atoms with E-state index in [0.717, 1.165) is 6.07 Å². The molecule has 1 aromatic heterocycles. The molecule has 6 nitrogen and oxygen atoms in total. The first-order valence-electron chi connectivity index (χ1n) is 8.11. The molecular weight excluding hydrogens is 344 g/mol. The molecule has 2 N–H and O–H groups in total. The van der Waals surface area contributed by atoms with Crippen molar-refractivity contribution in [2.75, 3.05) is 17.2 Å². The number of carbonyl (C=O) groups excluding carboxylic acids is 2. The number of carbonyl (C=O) groups is 2. The fourth-order valence-corrected chi connectivity index (χ4v) is 2.45. The number of nitrogens with zero attached hydrogens (tertiary/aromatic N) is 1. The van der Waals surface area contributed by atoms with Crippen molar-refractivity contribution in [3.8, 4) is 5.88 Å². The van der Waals surface area contributed by atoms with Gasteiger partial charge in [-0.25, -0.2) is 13.8 Å². The van der Waals surface area contributed by atoms with E-state index in [4.69, 9.17) is 4.74 Å². The predicted octanol–water partition coefficient (Wildman–Crippen LogP) is 3.12. The molecule has 2 aromatic rings. The smallest absolute Gasteiger partial charge is 0.250 e. The number of anilines is 2. The van der Waals surface area contributed by atoms with Gasteiger partial charge in [-0.15, -0.1) is 0 Å². The molecule has 1 saturated carbocycles. The van der Waals surface area contributed by atoms with Crippen LogP contribution in [-0.4, -0.2) is 23.4 Å². The van der Waals surface area contributed by atoms with E-state index < -0.39 is 28.9 Å². The van der Waals surface area contributed by atoms with Crippen LogP contribution in [0.5, 0.6) is 5.88 Å². The number of amides is 2. The second kappa shape index (κ2) is 7.07. The summed E-state index contributed by atoms with van der Waals surface area (Å²) in [5.74, 6) is -2.30. The molecule has 2 amide bonds. The van der Waals surface area contributed by atoms with Gasteiger partial charge in [0.15, 0.2) is 5.82 Å². The van der Waals surface area contributed by atoms with Crippen LogP contribution < -0.4 is 15.4 Å². The van der Waals surface area contributed by atoms with Gasteiger partial charge in [0.1, 0.15) is 11.2 Å². The summed E-state index contributed by atoms with van der Waals surface area (Å²) in [6, 6.07) is 6.33. The first-order valence-corrected chi connectivity index (χ1v) is 8.11. The van der Waals surface area contributed by atoms with Crippen LogP contribution in [0.1, 0.15) is 19.8 Å². The third-order valence-electron chi connectivity index (χ3n) is 4.07. The van der Waals surface area contributed by atoms with Crippen molar-refractivity contribution < 1.29 is 23.1 Å². The maximum absolute atomic E-state index is 13.8. The molecule has 8 heteroatoms. The molecule has 1 aromatic carbocycles. The number of aromatic nitrogens is 1. The number of ether oxygens (including phenoxy) is 1. The summed E-state index contributed by atoms with van der Waals surface area (Å²) in [5.41, 5.74) is -0.690. The predicted molar refractivity (Wildman–Crippen MR) is 90.7 cm³/mol. The van der Waals surface area contributed by atoms with Crippen LogP contribution in [0.4, 0.5) is 20.2 Å². The van der Waals surface area contributed by atoms with Crippen LogP contribution in [0.2, 0.25) is 0 Å². The maximum atomic E-state index is 13.8. The van der Waals surface area contributed by atoms with Crippen LogP contribution in [0, 0.1) is 17.0 Å². The summed E-state index contributed by atoms with van der Waals surface area (Å²) in [7, 11) is 0. The van der Waals surface area contributed by atoms with E-state index in [1.807, 2.05) is 0 Å². The molecule has 0 radical (unpaired) electrons. The lowest BCUT2D eigenvalue weighted by molar-refractivity contribution is -0.131. The first-order chi connectivity index (χ1) is 12.4. The highest BCUT2D eigenvalue weighted by Crippen LogP contribution is 2.47. The van der Waals surface area contributed by atoms with Crippen molar-refractivity contribution >= 4 is 23.2 Å². The molecule has 1 fully saturated rings. The molecule has 26 heavy (non-hydrogen) atoms. The minimum absolute atomic E-state index is 0.136. The maximum Gasteiger partial charge on any atom is 0.250 e. The molecule has 0 aliphatic heterocycles. The Morgan fingerprint density at radius 1 is 1.12 bits per heavy atom. The zero-order chi connectivity index (χ0) is 18.7. The third kappa shape index (κ3) is 3.63. The van der Waals surface area contributed by atoms with Gasteiger partial charge in [0.2, 0.25) is 17.7 Å². The highest BCUT2D eigenvalue weighted by atomic mass is 19.1. The van der Waals surface area contributed by atoms with Crippen LogP contribution in [0.15, 0.2) is 36.5 Å². The first kappa shape index (κ1) is 17.8. The molecule has 1 aliphatic carbocycles. The summed E-state index contributed by atoms with van der Waals surface area (Å²) in [6.07, 6.45) is 2.01. The Morgan fingerprint density at radius 2 is 1.73 bits per heavy atom. The van der Waals surface area contributed by atoms with Crippen LogP contribution >= 0.6 is 0 Å². The van der Waals surface area contributed by atoms with Crippen LogP contribution in [0.25, 0.3) is 0 Å². The Bertz CT molecular complexity index is 836. The monoisotopic (exact) mass is 361 g/mol. The lowest BCUT2D eigenvalue weighted by Crippen LogP contribution is -2.35. The second-order valence-corrected chi connectivity index (χ2v) is 5.94. The second-order valence-electron chi connectivity index (χ2n) is 5.94. The molecule has 0 saturated heterocycles. The van der Waals surface area contributed by atoms with E-state index in [9.17, 15) is 18.4 Å². The molecule has 0 unspecified atom stereocenters. The lowest BCUT2D eigenvalue weighted by atomic mass is 10.0. The fourth-order valence-electron chi connectivity index (χ4n) is 2.45. The molecule has 3 rings (SSSR count). The molecule has 136 valence electrons. The van der Waals surface area contributed by atoms with E-state index >= 15 is 0 Å². The molecule has 0 spiro atoms. The van der Waals surface area contributed by atoms with Crippen molar-refractivity contribution in [2.45, 2.75) is 19.8 Å². The van der Waals surface area contributed by atoms with Gasteiger partial charge in [0.05, 0.1) is 18.5 Å². The van der Waals surface area contributed by atoms with E-state index in [0.29, 0.717) is 18.5 Å². The van der Waals surface area contributed by atoms with Gasteiger partial charge in [0, 0.05) is 11.8 Å². The lowest BCUT2D eigenvalue weighted by Gasteiger charge is -2.15. The third-order valence-corrected chi connectivity index (χ3v) is 4.07. The number of nitrogens with one attached hydrogen (secondary N) is 2. The van der Waals surface area contributed by atoms with Crippen molar-refractivity contribution in [1.29, 1.82) is 0 Å². The van der Waals surface area contributed by atoms with Crippen molar-refractivity contribution in [3.63, 3.8) is 0 Å². The highest BCUT2D eigenvalue weighted by Gasteiger charge is 2.56. The van der Waals surface area contributed by atoms with Gasteiger partial charge >= 0.3 is 0 Å². The van der Waals surface area contributed by atoms with Gasteiger partial charge in [-0.3, -0.25) is 9.59 Å². The number of halogens is 2. The fraction of sp³-hybridized carbons (Fsp3) is 0.278. The summed E-state index contributed by atoms with van der Waals surface area (Å²) in [4.78, 5) is 28.7. The van der Waals surface area contributed by atoms with E-state index in [-0.39, 0.29) is 18.2 Å². The highest BCUT2D eigenvalue weighted by molar-refractivity contribution is 6.16. The van der Waals surface area contributed by atoms with Crippen LogP contribution in [-0.2, 0) is 9.59 Å². The number of pyridine rings is 1. The number of hydrogen-bond acceptors (Lipinski definition) is 4. The van der Waals surface area contributed by atoms with E-state index in [1.54, 1.807) is 6.92 Å². The van der Waals surface area contributed by atoms with Crippen molar-refractivity contribution in [3.05, 3.63) is 48.2 Å². The zero-order valence-electron chi connectivity index (χ0n) is 14.0. The van der Waals surface area contributed by atoms with Gasteiger partial charge in [-0.2, -0.15) is 0 Å². The standard InChI is InChI=1S/C18H17F2N3O3/c1-2-26-15-14(20)9-13(10-21-15)23-17(25)18(7-8-18)16(24)22-12-5-3-11(19)4-6-12/h3-6,9-10H,2,7-8H2,1H3,(H,22,24)(H,23,25). The number of benzene rings is 1. The molecule has 1 heterocycles. The Kier molecular flexibility index (Phi) is 4.83. The minimum atomic E-state index is -1.22. The quantitative estimate of drug-likeness (QED) is 0.775. The van der Waals surface area contributed by atoms with Crippen LogP contribution in [0.3, 0.4) is 0 Å².